The molecule has 0 bridgehead atoms. The van der Waals surface area contributed by atoms with E-state index >= 15 is 0 Å². The second-order valence-corrected chi connectivity index (χ2v) is 8.19. The van der Waals surface area contributed by atoms with Crippen molar-refractivity contribution in [2.45, 2.75) is 32.0 Å². The molecule has 5 nitrogen and oxygen atoms in total. The van der Waals surface area contributed by atoms with E-state index < -0.39 is 0 Å². The van der Waals surface area contributed by atoms with Crippen LogP contribution in [0.5, 0.6) is 0 Å². The number of hydrogen-bond donors (Lipinski definition) is 0. The minimum absolute atomic E-state index is 0.0191. The second kappa shape index (κ2) is 9.31. The van der Waals surface area contributed by atoms with Gasteiger partial charge in [0.25, 0.3) is 5.22 Å². The van der Waals surface area contributed by atoms with Crippen molar-refractivity contribution in [2.24, 2.45) is 0 Å². The first-order valence-electron chi connectivity index (χ1n) is 9.97. The van der Waals surface area contributed by atoms with Crippen LogP contribution in [0.3, 0.4) is 0 Å². The zero-order valence-electron chi connectivity index (χ0n) is 17.3. The van der Waals surface area contributed by atoms with Crippen LogP contribution in [0.1, 0.15) is 27.3 Å². The van der Waals surface area contributed by atoms with Crippen LogP contribution in [0.15, 0.2) is 70.3 Å². The summed E-state index contributed by atoms with van der Waals surface area (Å²) >= 11 is 1.24. The Morgan fingerprint density at radius 2 is 1.81 bits per heavy atom. The number of Topliss-reactive ketones (excluding diaryl/α,β-unsaturated/α-hetero) is 1. The molecule has 4 aromatic rings. The zero-order valence-corrected chi connectivity index (χ0v) is 18.2. The Hall–Kier alpha value is -3.19. The van der Waals surface area contributed by atoms with Crippen LogP contribution >= 0.6 is 11.8 Å². The summed E-state index contributed by atoms with van der Waals surface area (Å²) in [7, 11) is 0. The van der Waals surface area contributed by atoms with E-state index in [9.17, 15) is 9.18 Å². The molecule has 0 aliphatic heterocycles. The molecule has 0 radical (unpaired) electrons. The minimum Gasteiger partial charge on any atom is -0.411 e. The van der Waals surface area contributed by atoms with Crippen molar-refractivity contribution in [3.8, 4) is 11.5 Å². The Kier molecular flexibility index (Phi) is 6.32. The number of carbonyl (C=O) groups is 1. The molecule has 0 fully saturated rings. The third kappa shape index (κ3) is 4.94. The fraction of sp³-hybridized carbons (Fsp3) is 0.208. The highest BCUT2D eigenvalue weighted by Crippen LogP contribution is 2.25. The number of halogens is 1. The summed E-state index contributed by atoms with van der Waals surface area (Å²) in [6.07, 6.45) is 0.767. The van der Waals surface area contributed by atoms with Crippen LogP contribution in [-0.2, 0) is 13.0 Å². The lowest BCUT2D eigenvalue weighted by molar-refractivity contribution is 0.102. The largest absolute Gasteiger partial charge is 0.411 e. The molecule has 0 atom stereocenters. The summed E-state index contributed by atoms with van der Waals surface area (Å²) in [4.78, 5) is 12.8. The van der Waals surface area contributed by atoms with Gasteiger partial charge in [-0.3, -0.25) is 4.79 Å². The van der Waals surface area contributed by atoms with Gasteiger partial charge in [-0.2, -0.15) is 0 Å². The summed E-state index contributed by atoms with van der Waals surface area (Å²) in [5.74, 6) is 0.443. The Bertz CT molecular complexity index is 1180. The number of ketones is 1. The number of aryl methyl sites for hydroxylation is 2. The SMILES string of the molecule is Cc1cc(C(=O)CSc2nnc(-c3ccccc3)o2)c(C)n1CCc1ccc(F)cc1. The molecule has 0 N–H and O–H groups in total. The highest BCUT2D eigenvalue weighted by molar-refractivity contribution is 7.99. The molecule has 0 amide bonds. The van der Waals surface area contributed by atoms with E-state index in [1.165, 1.54) is 23.9 Å². The molecule has 4 rings (SSSR count). The van der Waals surface area contributed by atoms with Crippen molar-refractivity contribution in [3.05, 3.63) is 89.0 Å². The van der Waals surface area contributed by atoms with Crippen molar-refractivity contribution >= 4 is 17.5 Å². The van der Waals surface area contributed by atoms with E-state index in [1.807, 2.05) is 50.2 Å². The van der Waals surface area contributed by atoms with Gasteiger partial charge >= 0.3 is 0 Å². The van der Waals surface area contributed by atoms with Crippen LogP contribution < -0.4 is 0 Å². The van der Waals surface area contributed by atoms with Crippen molar-refractivity contribution in [1.29, 1.82) is 0 Å². The van der Waals surface area contributed by atoms with E-state index in [0.717, 1.165) is 35.5 Å². The first-order valence-corrected chi connectivity index (χ1v) is 11.0. The van der Waals surface area contributed by atoms with Gasteiger partial charge in [-0.1, -0.05) is 42.1 Å². The molecule has 0 saturated carbocycles. The van der Waals surface area contributed by atoms with E-state index in [4.69, 9.17) is 4.42 Å². The Morgan fingerprint density at radius 3 is 2.55 bits per heavy atom. The van der Waals surface area contributed by atoms with Gasteiger partial charge in [-0.25, -0.2) is 4.39 Å². The molecule has 2 heterocycles. The number of aromatic nitrogens is 3. The molecule has 0 spiro atoms. The highest BCUT2D eigenvalue weighted by Gasteiger charge is 2.17. The molecule has 0 unspecified atom stereocenters. The minimum atomic E-state index is -0.236. The van der Waals surface area contributed by atoms with Gasteiger partial charge in [0.15, 0.2) is 5.78 Å². The van der Waals surface area contributed by atoms with Crippen molar-refractivity contribution < 1.29 is 13.6 Å². The van der Waals surface area contributed by atoms with Gasteiger partial charge in [-0.15, -0.1) is 10.2 Å². The molecule has 0 aliphatic carbocycles. The predicted molar refractivity (Wildman–Crippen MR) is 119 cm³/mol. The summed E-state index contributed by atoms with van der Waals surface area (Å²) in [6, 6.07) is 18.0. The molecule has 2 aromatic carbocycles. The number of benzene rings is 2. The fourth-order valence-corrected chi connectivity index (χ4v) is 4.14. The third-order valence-corrected chi connectivity index (χ3v) is 5.98. The number of nitrogens with zero attached hydrogens (tertiary/aromatic N) is 3. The third-order valence-electron chi connectivity index (χ3n) is 5.17. The van der Waals surface area contributed by atoms with Gasteiger partial charge in [0, 0.05) is 29.1 Å². The predicted octanol–water partition coefficient (Wildman–Crippen LogP) is 5.51. The average Bonchev–Trinajstić information content (AvgIpc) is 3.37. The molecule has 158 valence electrons. The first kappa shape index (κ1) is 21.1. The monoisotopic (exact) mass is 435 g/mol. The van der Waals surface area contributed by atoms with Crippen LogP contribution in [0.4, 0.5) is 4.39 Å². The van der Waals surface area contributed by atoms with Crippen LogP contribution in [0, 0.1) is 19.7 Å². The number of carbonyl (C=O) groups excluding carboxylic acids is 1. The van der Waals surface area contributed by atoms with Gasteiger partial charge < -0.3 is 8.98 Å². The van der Waals surface area contributed by atoms with Gasteiger partial charge in [0.05, 0.1) is 5.75 Å². The smallest absolute Gasteiger partial charge is 0.277 e. The van der Waals surface area contributed by atoms with Crippen molar-refractivity contribution in [3.63, 3.8) is 0 Å². The van der Waals surface area contributed by atoms with Gasteiger partial charge in [-0.05, 0) is 56.2 Å². The normalized spacial score (nSPS) is 11.1. The molecule has 2 aromatic heterocycles. The first-order chi connectivity index (χ1) is 15.0. The van der Waals surface area contributed by atoms with Gasteiger partial charge in [0.1, 0.15) is 5.82 Å². The number of thioether (sulfide) groups is 1. The molecular weight excluding hydrogens is 413 g/mol. The van der Waals surface area contributed by atoms with Crippen LogP contribution in [0.25, 0.3) is 11.5 Å². The lowest BCUT2D eigenvalue weighted by Crippen LogP contribution is -2.08. The van der Waals surface area contributed by atoms with E-state index in [0.29, 0.717) is 16.7 Å². The maximum Gasteiger partial charge on any atom is 0.277 e. The average molecular weight is 436 g/mol. The summed E-state index contributed by atoms with van der Waals surface area (Å²) in [6.45, 7) is 4.68. The quantitative estimate of drug-likeness (QED) is 0.270. The topological polar surface area (TPSA) is 60.9 Å². The van der Waals surface area contributed by atoms with Gasteiger partial charge in [0.2, 0.25) is 5.89 Å². The molecule has 0 saturated heterocycles. The zero-order chi connectivity index (χ0) is 21.8. The molecule has 7 heteroatoms. The molecular formula is C24H22FN3O2S. The summed E-state index contributed by atoms with van der Waals surface area (Å²) < 4.78 is 20.9. The van der Waals surface area contributed by atoms with E-state index in [2.05, 4.69) is 14.8 Å². The fourth-order valence-electron chi connectivity index (χ4n) is 3.49. The standard InChI is InChI=1S/C24H22FN3O2S/c1-16-14-21(17(2)28(16)13-12-18-8-10-20(25)11-9-18)22(29)15-31-24-27-26-23(30-24)19-6-4-3-5-7-19/h3-11,14H,12-13,15H2,1-2H3. The van der Waals surface area contributed by atoms with E-state index in [-0.39, 0.29) is 17.4 Å². The maximum absolute atomic E-state index is 13.1. The Morgan fingerprint density at radius 1 is 1.06 bits per heavy atom. The number of rotatable bonds is 8. The lowest BCUT2D eigenvalue weighted by Gasteiger charge is -2.10. The number of hydrogen-bond acceptors (Lipinski definition) is 5. The highest BCUT2D eigenvalue weighted by atomic mass is 32.2. The second-order valence-electron chi connectivity index (χ2n) is 7.26. The van der Waals surface area contributed by atoms with E-state index in [1.54, 1.807) is 12.1 Å². The lowest BCUT2D eigenvalue weighted by atomic mass is 10.1. The van der Waals surface area contributed by atoms with Crippen LogP contribution in [-0.4, -0.2) is 26.3 Å². The van der Waals surface area contributed by atoms with Crippen molar-refractivity contribution in [2.75, 3.05) is 5.75 Å². The Balaban J connectivity index is 1.39. The summed E-state index contributed by atoms with van der Waals surface area (Å²) in [5, 5.41) is 8.46. The van der Waals surface area contributed by atoms with Crippen LogP contribution in [0.2, 0.25) is 0 Å². The van der Waals surface area contributed by atoms with Crippen molar-refractivity contribution in [1.82, 2.24) is 14.8 Å². The Labute approximate surface area is 184 Å². The maximum atomic E-state index is 13.1. The summed E-state index contributed by atoms with van der Waals surface area (Å²) in [5.41, 5.74) is 4.56. The molecule has 0 aliphatic rings. The molecule has 31 heavy (non-hydrogen) atoms.